The van der Waals surface area contributed by atoms with Crippen LogP contribution in [0, 0.1) is 11.7 Å². The minimum absolute atomic E-state index is 0.0791. The van der Waals surface area contributed by atoms with E-state index in [1.165, 1.54) is 16.4 Å². The van der Waals surface area contributed by atoms with Gasteiger partial charge in [-0.05, 0) is 47.4 Å². The summed E-state index contributed by atoms with van der Waals surface area (Å²) in [4.78, 5) is 14.4. The minimum Gasteiger partial charge on any atom is -0.338 e. The molecule has 156 valence electrons. The van der Waals surface area contributed by atoms with Gasteiger partial charge in [-0.25, -0.2) is 12.8 Å². The molecule has 0 aliphatic carbocycles. The Labute approximate surface area is 172 Å². The van der Waals surface area contributed by atoms with Gasteiger partial charge in [-0.1, -0.05) is 39.0 Å². The molecule has 0 bridgehead atoms. The molecule has 1 amide bonds. The van der Waals surface area contributed by atoms with E-state index in [9.17, 15) is 17.6 Å². The molecule has 0 N–H and O–H groups in total. The lowest BCUT2D eigenvalue weighted by molar-refractivity contribution is -0.135. The molecule has 0 saturated heterocycles. The number of amides is 1. The average Bonchev–Trinajstić information content (AvgIpc) is 2.71. The molecule has 3 rings (SSSR count). The van der Waals surface area contributed by atoms with Crippen LogP contribution in [0.3, 0.4) is 0 Å². The molecule has 5 nitrogen and oxygen atoms in total. The molecule has 7 heteroatoms. The van der Waals surface area contributed by atoms with E-state index in [-0.39, 0.29) is 29.1 Å². The third-order valence-corrected chi connectivity index (χ3v) is 7.18. The van der Waals surface area contributed by atoms with Crippen molar-refractivity contribution in [3.63, 3.8) is 0 Å². The summed E-state index contributed by atoms with van der Waals surface area (Å²) in [7, 11) is -3.71. The Morgan fingerprint density at radius 2 is 1.83 bits per heavy atom. The van der Waals surface area contributed by atoms with Crippen molar-refractivity contribution in [3.05, 3.63) is 65.0 Å². The summed E-state index contributed by atoms with van der Waals surface area (Å²) in [6, 6.07) is 11.0. The van der Waals surface area contributed by atoms with Crippen molar-refractivity contribution in [2.45, 2.75) is 45.2 Å². The van der Waals surface area contributed by atoms with Gasteiger partial charge in [0, 0.05) is 32.1 Å². The third-order valence-electron chi connectivity index (χ3n) is 5.26. The Morgan fingerprint density at radius 1 is 1.14 bits per heavy atom. The maximum absolute atomic E-state index is 13.2. The maximum Gasteiger partial charge on any atom is 0.243 e. The first kappa shape index (κ1) is 21.5. The fourth-order valence-electron chi connectivity index (χ4n) is 3.56. The van der Waals surface area contributed by atoms with E-state index in [1.807, 2.05) is 19.9 Å². The molecule has 1 aliphatic heterocycles. The van der Waals surface area contributed by atoms with E-state index in [1.54, 1.807) is 36.1 Å². The summed E-state index contributed by atoms with van der Waals surface area (Å²) >= 11 is 0. The maximum atomic E-state index is 13.2. The van der Waals surface area contributed by atoms with Gasteiger partial charge in [0.25, 0.3) is 0 Å². The van der Waals surface area contributed by atoms with Gasteiger partial charge in [-0.2, -0.15) is 4.31 Å². The van der Waals surface area contributed by atoms with Crippen LogP contribution < -0.4 is 0 Å². The number of carbonyl (C=O) groups is 1. The van der Waals surface area contributed by atoms with Crippen molar-refractivity contribution < 1.29 is 17.6 Å². The SMILES string of the molecule is CCN(Cc1ccc(F)cc1)S(=O)(=O)c1ccc2c(c1)CN(C(=O)C(C)C)CC2. The van der Waals surface area contributed by atoms with E-state index in [2.05, 4.69) is 0 Å². The van der Waals surface area contributed by atoms with Crippen molar-refractivity contribution >= 4 is 15.9 Å². The number of sulfonamides is 1. The number of fused-ring (bicyclic) bond motifs is 1. The molecule has 1 aliphatic rings. The van der Waals surface area contributed by atoms with Crippen molar-refractivity contribution in [2.75, 3.05) is 13.1 Å². The van der Waals surface area contributed by atoms with Crippen molar-refractivity contribution in [3.8, 4) is 0 Å². The summed E-state index contributed by atoms with van der Waals surface area (Å²) in [6.45, 7) is 7.08. The van der Waals surface area contributed by atoms with Crippen LogP contribution in [-0.2, 0) is 34.3 Å². The van der Waals surface area contributed by atoms with E-state index < -0.39 is 10.0 Å². The molecule has 2 aromatic rings. The van der Waals surface area contributed by atoms with Gasteiger partial charge in [0.15, 0.2) is 0 Å². The Morgan fingerprint density at radius 3 is 2.45 bits per heavy atom. The average molecular weight is 419 g/mol. The highest BCUT2D eigenvalue weighted by molar-refractivity contribution is 7.89. The quantitative estimate of drug-likeness (QED) is 0.721. The topological polar surface area (TPSA) is 57.7 Å². The molecule has 29 heavy (non-hydrogen) atoms. The second-order valence-corrected chi connectivity index (χ2v) is 9.59. The van der Waals surface area contributed by atoms with Crippen LogP contribution in [0.2, 0.25) is 0 Å². The highest BCUT2D eigenvalue weighted by Crippen LogP contribution is 2.26. The van der Waals surface area contributed by atoms with Crippen LogP contribution in [0.4, 0.5) is 4.39 Å². The third kappa shape index (κ3) is 4.67. The molecule has 0 saturated carbocycles. The number of nitrogens with zero attached hydrogens (tertiary/aromatic N) is 2. The Bertz CT molecular complexity index is 988. The fraction of sp³-hybridized carbons (Fsp3) is 0.409. The van der Waals surface area contributed by atoms with Crippen molar-refractivity contribution in [1.82, 2.24) is 9.21 Å². The van der Waals surface area contributed by atoms with Gasteiger partial charge in [0.2, 0.25) is 15.9 Å². The number of hydrogen-bond donors (Lipinski definition) is 0. The number of rotatable bonds is 6. The Hall–Kier alpha value is -2.25. The normalized spacial score (nSPS) is 14.3. The lowest BCUT2D eigenvalue weighted by Crippen LogP contribution is -2.38. The summed E-state index contributed by atoms with van der Waals surface area (Å²) < 4.78 is 41.0. The summed E-state index contributed by atoms with van der Waals surface area (Å²) in [5.74, 6) is -0.361. The fourth-order valence-corrected chi connectivity index (χ4v) is 5.04. The summed E-state index contributed by atoms with van der Waals surface area (Å²) in [6.07, 6.45) is 0.723. The van der Waals surface area contributed by atoms with E-state index >= 15 is 0 Å². The van der Waals surface area contributed by atoms with Gasteiger partial charge in [-0.15, -0.1) is 0 Å². The first-order chi connectivity index (χ1) is 13.7. The van der Waals surface area contributed by atoms with Gasteiger partial charge >= 0.3 is 0 Å². The predicted molar refractivity (Wildman–Crippen MR) is 110 cm³/mol. The van der Waals surface area contributed by atoms with E-state index in [4.69, 9.17) is 0 Å². The Kier molecular flexibility index (Phi) is 6.39. The number of carbonyl (C=O) groups excluding carboxylic acids is 1. The van der Waals surface area contributed by atoms with Crippen molar-refractivity contribution in [1.29, 1.82) is 0 Å². The second kappa shape index (κ2) is 8.63. The first-order valence-electron chi connectivity index (χ1n) is 9.87. The molecule has 0 aromatic heterocycles. The molecular weight excluding hydrogens is 391 g/mol. The first-order valence-corrected chi connectivity index (χ1v) is 11.3. The van der Waals surface area contributed by atoms with Crippen LogP contribution in [0.1, 0.15) is 37.5 Å². The molecule has 2 aromatic carbocycles. The monoisotopic (exact) mass is 418 g/mol. The second-order valence-electron chi connectivity index (χ2n) is 7.65. The zero-order valence-electron chi connectivity index (χ0n) is 17.1. The lowest BCUT2D eigenvalue weighted by Gasteiger charge is -2.31. The minimum atomic E-state index is -3.71. The standard InChI is InChI=1S/C22H27FN2O3S/c1-4-25(14-17-5-8-20(23)9-6-17)29(27,28)21-10-7-18-11-12-24(15-19(18)13-21)22(26)16(2)3/h5-10,13,16H,4,11-12,14-15H2,1-3H3. The molecular formula is C22H27FN2O3S. The predicted octanol–water partition coefficient (Wildman–Crippen LogP) is 3.58. The zero-order valence-corrected chi connectivity index (χ0v) is 17.9. The van der Waals surface area contributed by atoms with Gasteiger partial charge in [0.1, 0.15) is 5.82 Å². The van der Waals surface area contributed by atoms with Gasteiger partial charge in [-0.3, -0.25) is 4.79 Å². The number of halogens is 1. The van der Waals surface area contributed by atoms with E-state index in [0.29, 0.717) is 19.6 Å². The van der Waals surface area contributed by atoms with Crippen LogP contribution in [0.25, 0.3) is 0 Å². The lowest BCUT2D eigenvalue weighted by atomic mass is 9.99. The largest absolute Gasteiger partial charge is 0.338 e. The summed E-state index contributed by atoms with van der Waals surface area (Å²) in [5, 5.41) is 0. The molecule has 0 spiro atoms. The van der Waals surface area contributed by atoms with Crippen LogP contribution in [-0.4, -0.2) is 36.6 Å². The van der Waals surface area contributed by atoms with Crippen LogP contribution in [0.15, 0.2) is 47.4 Å². The highest BCUT2D eigenvalue weighted by atomic mass is 32.2. The zero-order chi connectivity index (χ0) is 21.2. The van der Waals surface area contributed by atoms with Crippen LogP contribution in [0.5, 0.6) is 0 Å². The van der Waals surface area contributed by atoms with Gasteiger partial charge < -0.3 is 4.90 Å². The smallest absolute Gasteiger partial charge is 0.243 e. The number of hydrogen-bond acceptors (Lipinski definition) is 3. The highest BCUT2D eigenvalue weighted by Gasteiger charge is 2.27. The molecule has 1 heterocycles. The molecule has 0 unspecified atom stereocenters. The summed E-state index contributed by atoms with van der Waals surface area (Å²) in [5.41, 5.74) is 2.69. The molecule has 0 radical (unpaired) electrons. The van der Waals surface area contributed by atoms with Crippen molar-refractivity contribution in [2.24, 2.45) is 5.92 Å². The van der Waals surface area contributed by atoms with Gasteiger partial charge in [0.05, 0.1) is 4.90 Å². The number of benzene rings is 2. The molecule has 0 fully saturated rings. The van der Waals surface area contributed by atoms with Crippen LogP contribution >= 0.6 is 0 Å². The Balaban J connectivity index is 1.86. The van der Waals surface area contributed by atoms with E-state index in [0.717, 1.165) is 23.1 Å². The molecule has 0 atom stereocenters.